The van der Waals surface area contributed by atoms with Crippen LogP contribution in [0.2, 0.25) is 0 Å². The first-order valence-corrected chi connectivity index (χ1v) is 10.2. The molecule has 0 saturated carbocycles. The number of ether oxygens (including phenoxy) is 1. The smallest absolute Gasteiger partial charge is 0.339 e. The Morgan fingerprint density at radius 1 is 1.14 bits per heavy atom. The molecule has 2 N–H and O–H groups in total. The second-order valence-electron chi connectivity index (χ2n) is 6.25. The molecule has 0 radical (unpaired) electrons. The SMILES string of the molecule is CCCNC(=O)NC(=O)COC(=O)c1ccccc1SCC(=O)N1CCCC1. The lowest BCUT2D eigenvalue weighted by Crippen LogP contribution is -2.41. The fourth-order valence-corrected chi connectivity index (χ4v) is 3.56. The summed E-state index contributed by atoms with van der Waals surface area (Å²) in [4.78, 5) is 50.1. The van der Waals surface area contributed by atoms with E-state index in [1.165, 1.54) is 11.8 Å². The third kappa shape index (κ3) is 6.88. The average Bonchev–Trinajstić information content (AvgIpc) is 3.24. The van der Waals surface area contributed by atoms with Gasteiger partial charge in [-0.05, 0) is 31.4 Å². The molecule has 1 saturated heterocycles. The molecule has 0 aliphatic carbocycles. The molecule has 8 nitrogen and oxygen atoms in total. The van der Waals surface area contributed by atoms with E-state index in [-0.39, 0.29) is 17.2 Å². The molecule has 28 heavy (non-hydrogen) atoms. The number of nitrogens with one attached hydrogen (secondary N) is 2. The Kier molecular flexibility index (Phi) is 8.80. The topological polar surface area (TPSA) is 105 Å². The van der Waals surface area contributed by atoms with E-state index in [1.54, 1.807) is 24.3 Å². The Morgan fingerprint density at radius 3 is 2.57 bits per heavy atom. The number of thioether (sulfide) groups is 1. The Labute approximate surface area is 168 Å². The van der Waals surface area contributed by atoms with Crippen LogP contribution in [-0.4, -0.2) is 60.7 Å². The molecule has 1 aliphatic rings. The monoisotopic (exact) mass is 407 g/mol. The maximum absolute atomic E-state index is 12.3. The van der Waals surface area contributed by atoms with Crippen LogP contribution in [-0.2, 0) is 14.3 Å². The molecule has 0 aromatic heterocycles. The summed E-state index contributed by atoms with van der Waals surface area (Å²) < 4.78 is 5.00. The van der Waals surface area contributed by atoms with Gasteiger partial charge in [-0.15, -0.1) is 11.8 Å². The van der Waals surface area contributed by atoms with Crippen molar-refractivity contribution in [2.45, 2.75) is 31.1 Å². The number of hydrogen-bond donors (Lipinski definition) is 2. The summed E-state index contributed by atoms with van der Waals surface area (Å²) in [5.74, 6) is -1.11. The van der Waals surface area contributed by atoms with Crippen molar-refractivity contribution >= 4 is 35.6 Å². The number of benzene rings is 1. The van der Waals surface area contributed by atoms with Crippen LogP contribution in [0.1, 0.15) is 36.5 Å². The molecule has 4 amide bonds. The number of esters is 1. The van der Waals surface area contributed by atoms with Crippen molar-refractivity contribution in [2.24, 2.45) is 0 Å². The standard InChI is InChI=1S/C19H25N3O5S/c1-2-9-20-19(26)21-16(23)12-27-18(25)14-7-3-4-8-15(14)28-13-17(24)22-10-5-6-11-22/h3-4,7-8H,2,5-6,9-13H2,1H3,(H2,20,21,23,26). The molecular weight excluding hydrogens is 382 g/mol. The van der Waals surface area contributed by atoms with Crippen molar-refractivity contribution < 1.29 is 23.9 Å². The Morgan fingerprint density at radius 2 is 1.86 bits per heavy atom. The summed E-state index contributed by atoms with van der Waals surface area (Å²) in [6.45, 7) is 3.33. The summed E-state index contributed by atoms with van der Waals surface area (Å²) >= 11 is 1.27. The van der Waals surface area contributed by atoms with E-state index in [0.717, 1.165) is 32.4 Å². The van der Waals surface area contributed by atoms with Gasteiger partial charge in [-0.2, -0.15) is 0 Å². The molecule has 1 fully saturated rings. The van der Waals surface area contributed by atoms with E-state index in [9.17, 15) is 19.2 Å². The summed E-state index contributed by atoms with van der Waals surface area (Å²) in [6, 6.07) is 6.14. The van der Waals surface area contributed by atoms with Gasteiger partial charge < -0.3 is 15.0 Å². The van der Waals surface area contributed by atoms with Crippen molar-refractivity contribution in [1.29, 1.82) is 0 Å². The molecule has 0 unspecified atom stereocenters. The van der Waals surface area contributed by atoms with Gasteiger partial charge >= 0.3 is 12.0 Å². The Bertz CT molecular complexity index is 719. The van der Waals surface area contributed by atoms with Crippen molar-refractivity contribution in [3.05, 3.63) is 29.8 Å². The first-order chi connectivity index (χ1) is 13.5. The fraction of sp³-hybridized carbons (Fsp3) is 0.474. The first-order valence-electron chi connectivity index (χ1n) is 9.25. The van der Waals surface area contributed by atoms with Crippen LogP contribution in [0.4, 0.5) is 4.79 Å². The maximum atomic E-state index is 12.3. The lowest BCUT2D eigenvalue weighted by atomic mass is 10.2. The average molecular weight is 407 g/mol. The van der Waals surface area contributed by atoms with Crippen LogP contribution in [0.5, 0.6) is 0 Å². The Balaban J connectivity index is 1.84. The molecule has 0 bridgehead atoms. The van der Waals surface area contributed by atoms with E-state index in [0.29, 0.717) is 11.4 Å². The molecule has 1 aliphatic heterocycles. The van der Waals surface area contributed by atoms with E-state index >= 15 is 0 Å². The number of amides is 4. The summed E-state index contributed by atoms with van der Waals surface area (Å²) in [5, 5.41) is 4.58. The molecule has 2 rings (SSSR count). The number of rotatable bonds is 8. The van der Waals surface area contributed by atoms with E-state index < -0.39 is 24.5 Å². The first kappa shape index (κ1) is 21.7. The highest BCUT2D eigenvalue weighted by atomic mass is 32.2. The zero-order valence-electron chi connectivity index (χ0n) is 15.9. The highest BCUT2D eigenvalue weighted by Gasteiger charge is 2.20. The molecule has 0 spiro atoms. The van der Waals surface area contributed by atoms with E-state index in [1.807, 2.05) is 11.8 Å². The summed E-state index contributed by atoms with van der Waals surface area (Å²) in [6.07, 6.45) is 2.79. The quantitative estimate of drug-likeness (QED) is 0.503. The van der Waals surface area contributed by atoms with Gasteiger partial charge in [0, 0.05) is 24.5 Å². The number of carbonyl (C=O) groups is 4. The van der Waals surface area contributed by atoms with Crippen LogP contribution in [0.15, 0.2) is 29.2 Å². The summed E-state index contributed by atoms with van der Waals surface area (Å²) in [7, 11) is 0. The van der Waals surface area contributed by atoms with Gasteiger partial charge in [0.05, 0.1) is 11.3 Å². The van der Waals surface area contributed by atoms with Crippen LogP contribution < -0.4 is 10.6 Å². The van der Waals surface area contributed by atoms with Crippen molar-refractivity contribution in [1.82, 2.24) is 15.5 Å². The van der Waals surface area contributed by atoms with Crippen molar-refractivity contribution in [2.75, 3.05) is 32.0 Å². The molecule has 9 heteroatoms. The highest BCUT2D eigenvalue weighted by molar-refractivity contribution is 8.00. The predicted octanol–water partition coefficient (Wildman–Crippen LogP) is 1.79. The predicted molar refractivity (Wildman–Crippen MR) is 105 cm³/mol. The molecule has 1 aromatic rings. The normalized spacial score (nSPS) is 13.1. The molecule has 152 valence electrons. The number of likely N-dealkylation sites (tertiary alicyclic amines) is 1. The van der Waals surface area contributed by atoms with Gasteiger partial charge in [0.2, 0.25) is 5.91 Å². The number of urea groups is 1. The van der Waals surface area contributed by atoms with Gasteiger partial charge in [-0.25, -0.2) is 9.59 Å². The van der Waals surface area contributed by atoms with Crippen LogP contribution in [0.25, 0.3) is 0 Å². The zero-order valence-corrected chi connectivity index (χ0v) is 16.7. The van der Waals surface area contributed by atoms with Crippen LogP contribution >= 0.6 is 11.8 Å². The van der Waals surface area contributed by atoms with Gasteiger partial charge in [-0.1, -0.05) is 19.1 Å². The second-order valence-corrected chi connectivity index (χ2v) is 7.27. The van der Waals surface area contributed by atoms with Crippen LogP contribution in [0, 0.1) is 0 Å². The lowest BCUT2D eigenvalue weighted by molar-refractivity contribution is -0.127. The van der Waals surface area contributed by atoms with Gasteiger partial charge in [-0.3, -0.25) is 14.9 Å². The largest absolute Gasteiger partial charge is 0.452 e. The van der Waals surface area contributed by atoms with Gasteiger partial charge in [0.25, 0.3) is 5.91 Å². The van der Waals surface area contributed by atoms with E-state index in [4.69, 9.17) is 4.74 Å². The zero-order chi connectivity index (χ0) is 20.4. The number of imide groups is 1. The Hall–Kier alpha value is -2.55. The molecule has 1 heterocycles. The molecular formula is C19H25N3O5S. The number of nitrogens with zero attached hydrogens (tertiary/aromatic N) is 1. The minimum Gasteiger partial charge on any atom is -0.452 e. The second kappa shape index (κ2) is 11.3. The van der Waals surface area contributed by atoms with Crippen molar-refractivity contribution in [3.63, 3.8) is 0 Å². The van der Waals surface area contributed by atoms with Gasteiger partial charge in [0.15, 0.2) is 6.61 Å². The van der Waals surface area contributed by atoms with E-state index in [2.05, 4.69) is 10.6 Å². The van der Waals surface area contributed by atoms with Gasteiger partial charge in [0.1, 0.15) is 0 Å². The highest BCUT2D eigenvalue weighted by Crippen LogP contribution is 2.24. The van der Waals surface area contributed by atoms with Crippen LogP contribution in [0.3, 0.4) is 0 Å². The maximum Gasteiger partial charge on any atom is 0.339 e. The third-order valence-corrected chi connectivity index (χ3v) is 5.10. The molecule has 0 atom stereocenters. The number of carbonyl (C=O) groups excluding carboxylic acids is 4. The summed E-state index contributed by atoms with van der Waals surface area (Å²) in [5.41, 5.74) is 0.282. The minimum atomic E-state index is -0.712. The number of hydrogen-bond acceptors (Lipinski definition) is 6. The lowest BCUT2D eigenvalue weighted by Gasteiger charge is -2.15. The third-order valence-electron chi connectivity index (χ3n) is 4.04. The fourth-order valence-electron chi connectivity index (χ4n) is 2.61. The minimum absolute atomic E-state index is 0.0446. The molecule has 1 aromatic carbocycles. The van der Waals surface area contributed by atoms with Crippen molar-refractivity contribution in [3.8, 4) is 0 Å².